The maximum Gasteiger partial charge on any atom is 0.278 e. The average Bonchev–Trinajstić information content (AvgIpc) is 3.14. The van der Waals surface area contributed by atoms with Crippen LogP contribution in [0.5, 0.6) is 0 Å². The van der Waals surface area contributed by atoms with E-state index in [1.54, 1.807) is 17.0 Å². The van der Waals surface area contributed by atoms with Gasteiger partial charge in [0.05, 0.1) is 12.1 Å². The van der Waals surface area contributed by atoms with Gasteiger partial charge < -0.3 is 4.90 Å². The van der Waals surface area contributed by atoms with Crippen molar-refractivity contribution in [3.05, 3.63) is 123 Å². The Balaban J connectivity index is 1.57. The van der Waals surface area contributed by atoms with Gasteiger partial charge >= 0.3 is 0 Å². The van der Waals surface area contributed by atoms with Crippen LogP contribution in [0.3, 0.4) is 0 Å². The predicted octanol–water partition coefficient (Wildman–Crippen LogP) is 6.02. The quantitative estimate of drug-likeness (QED) is 0.368. The van der Waals surface area contributed by atoms with Crippen molar-refractivity contribution in [2.24, 2.45) is 0 Å². The molecule has 3 aromatic carbocycles. The van der Waals surface area contributed by atoms with Crippen molar-refractivity contribution in [2.75, 3.05) is 4.90 Å². The molecule has 3 aromatic rings. The van der Waals surface area contributed by atoms with Gasteiger partial charge in [0.15, 0.2) is 5.78 Å². The lowest BCUT2D eigenvalue weighted by molar-refractivity contribution is -0.138. The molecular formula is C30H22BrFN2O3. The van der Waals surface area contributed by atoms with Crippen LogP contribution in [0.1, 0.15) is 36.3 Å². The Bertz CT molecular complexity index is 1490. The molecule has 0 saturated heterocycles. The van der Waals surface area contributed by atoms with Crippen molar-refractivity contribution < 1.29 is 18.8 Å². The molecule has 6 rings (SSSR count). The number of nitrogens with zero attached hydrogens (tertiary/aromatic N) is 2. The number of amides is 2. The molecule has 184 valence electrons. The third kappa shape index (κ3) is 3.94. The molecule has 0 radical (unpaired) electrons. The number of halogens is 2. The monoisotopic (exact) mass is 556 g/mol. The van der Waals surface area contributed by atoms with E-state index in [1.807, 2.05) is 54.6 Å². The number of imide groups is 1. The Morgan fingerprint density at radius 2 is 1.51 bits per heavy atom. The molecule has 2 amide bonds. The predicted molar refractivity (Wildman–Crippen MR) is 141 cm³/mol. The molecule has 2 aliphatic heterocycles. The lowest BCUT2D eigenvalue weighted by Crippen LogP contribution is -2.37. The number of rotatable bonds is 4. The van der Waals surface area contributed by atoms with Gasteiger partial charge in [-0.2, -0.15) is 0 Å². The number of carbonyl (C=O) groups excluding carboxylic acids is 3. The van der Waals surface area contributed by atoms with Crippen molar-refractivity contribution >= 4 is 39.2 Å². The first-order chi connectivity index (χ1) is 17.9. The minimum Gasteiger partial charge on any atom is -0.308 e. The van der Waals surface area contributed by atoms with Gasteiger partial charge in [-0.25, -0.2) is 4.39 Å². The number of ketones is 1. The van der Waals surface area contributed by atoms with Crippen molar-refractivity contribution in [3.8, 4) is 0 Å². The van der Waals surface area contributed by atoms with Crippen LogP contribution in [0.25, 0.3) is 0 Å². The van der Waals surface area contributed by atoms with E-state index < -0.39 is 23.5 Å². The molecule has 0 N–H and O–H groups in total. The number of Topliss-reactive ketones (excluding diaryl/α,β-unsaturated/α-hetero) is 1. The summed E-state index contributed by atoms with van der Waals surface area (Å²) >= 11 is 3.46. The van der Waals surface area contributed by atoms with Gasteiger partial charge in [0, 0.05) is 33.8 Å². The van der Waals surface area contributed by atoms with E-state index >= 15 is 0 Å². The lowest BCUT2D eigenvalue weighted by atomic mass is 9.74. The molecule has 5 nitrogen and oxygen atoms in total. The van der Waals surface area contributed by atoms with Crippen LogP contribution in [0.15, 0.2) is 106 Å². The minimum absolute atomic E-state index is 0.0500. The fraction of sp³-hybridized carbons (Fsp3) is 0.167. The van der Waals surface area contributed by atoms with Gasteiger partial charge in [0.1, 0.15) is 11.5 Å². The number of hydrogen-bond donors (Lipinski definition) is 0. The molecule has 7 heteroatoms. The Kier molecular flexibility index (Phi) is 5.88. The van der Waals surface area contributed by atoms with Gasteiger partial charge in [-0.1, -0.05) is 58.4 Å². The second kappa shape index (κ2) is 9.23. The van der Waals surface area contributed by atoms with Crippen molar-refractivity contribution in [2.45, 2.75) is 31.7 Å². The molecule has 1 atom stereocenters. The SMILES string of the molecule is O=C1CCCC2=C1C(c1ccc(F)cc1)C1=C(C(=O)N(Cc3ccccc3)C1=O)N2c1ccc(Br)cc1. The van der Waals surface area contributed by atoms with Gasteiger partial charge in [-0.3, -0.25) is 19.3 Å². The standard InChI is InChI=1S/C30H22BrFN2O3/c31-20-11-15-22(16-12-20)34-23-7-4-8-24(35)26(23)25(19-9-13-21(32)14-10-19)27-28(34)30(37)33(29(27)36)17-18-5-2-1-3-6-18/h1-3,5-6,9-16,25H,4,7-8,17H2. The van der Waals surface area contributed by atoms with Crippen LogP contribution in [0.4, 0.5) is 10.1 Å². The number of carbonyl (C=O) groups is 3. The van der Waals surface area contributed by atoms with Crippen LogP contribution in [0.2, 0.25) is 0 Å². The highest BCUT2D eigenvalue weighted by Crippen LogP contribution is 2.50. The summed E-state index contributed by atoms with van der Waals surface area (Å²) in [7, 11) is 0. The molecular weight excluding hydrogens is 535 g/mol. The summed E-state index contributed by atoms with van der Waals surface area (Å²) in [6.07, 6.45) is 1.61. The largest absolute Gasteiger partial charge is 0.308 e. The summed E-state index contributed by atoms with van der Waals surface area (Å²) in [6, 6.07) is 22.7. The maximum atomic E-state index is 14.0. The van der Waals surface area contributed by atoms with E-state index in [9.17, 15) is 18.8 Å². The number of anilines is 1. The van der Waals surface area contributed by atoms with E-state index in [2.05, 4.69) is 15.9 Å². The normalized spacial score (nSPS) is 19.5. The summed E-state index contributed by atoms with van der Waals surface area (Å²) < 4.78 is 14.7. The highest BCUT2D eigenvalue weighted by Gasteiger charge is 2.51. The molecule has 0 bridgehead atoms. The summed E-state index contributed by atoms with van der Waals surface area (Å²) in [6.45, 7) is 0.119. The number of hydrogen-bond acceptors (Lipinski definition) is 4. The van der Waals surface area contributed by atoms with E-state index in [0.29, 0.717) is 36.1 Å². The third-order valence-corrected chi connectivity index (χ3v) is 7.68. The molecule has 0 fully saturated rings. The van der Waals surface area contributed by atoms with Crippen molar-refractivity contribution in [1.29, 1.82) is 0 Å². The van der Waals surface area contributed by atoms with Crippen LogP contribution < -0.4 is 4.90 Å². The first-order valence-electron chi connectivity index (χ1n) is 12.2. The van der Waals surface area contributed by atoms with Gasteiger partial charge in [0.2, 0.25) is 0 Å². The van der Waals surface area contributed by atoms with Crippen molar-refractivity contribution in [1.82, 2.24) is 4.90 Å². The van der Waals surface area contributed by atoms with E-state index in [-0.39, 0.29) is 23.6 Å². The average molecular weight is 557 g/mol. The Labute approximate surface area is 222 Å². The Morgan fingerprint density at radius 3 is 2.22 bits per heavy atom. The third-order valence-electron chi connectivity index (χ3n) is 7.15. The summed E-state index contributed by atoms with van der Waals surface area (Å²) in [4.78, 5) is 44.6. The summed E-state index contributed by atoms with van der Waals surface area (Å²) in [5.74, 6) is -2.02. The number of benzene rings is 3. The van der Waals surface area contributed by atoms with Crippen LogP contribution in [0, 0.1) is 5.82 Å². The Morgan fingerprint density at radius 1 is 0.811 bits per heavy atom. The zero-order valence-corrected chi connectivity index (χ0v) is 21.4. The molecule has 0 aromatic heterocycles. The fourth-order valence-corrected chi connectivity index (χ4v) is 5.78. The van der Waals surface area contributed by atoms with Gasteiger partial charge in [0.25, 0.3) is 11.8 Å². The molecule has 37 heavy (non-hydrogen) atoms. The molecule has 1 aliphatic carbocycles. The lowest BCUT2D eigenvalue weighted by Gasteiger charge is -2.39. The van der Waals surface area contributed by atoms with E-state index in [1.165, 1.54) is 17.0 Å². The summed E-state index contributed by atoms with van der Waals surface area (Å²) in [5.41, 5.74) is 3.94. The highest BCUT2D eigenvalue weighted by molar-refractivity contribution is 9.10. The molecule has 1 unspecified atom stereocenters. The van der Waals surface area contributed by atoms with E-state index in [4.69, 9.17) is 0 Å². The van der Waals surface area contributed by atoms with Crippen LogP contribution in [-0.4, -0.2) is 22.5 Å². The zero-order chi connectivity index (χ0) is 25.7. The first-order valence-corrected chi connectivity index (χ1v) is 12.9. The fourth-order valence-electron chi connectivity index (χ4n) is 5.52. The smallest absolute Gasteiger partial charge is 0.278 e. The molecule has 0 saturated carbocycles. The first kappa shape index (κ1) is 23.6. The van der Waals surface area contributed by atoms with Crippen LogP contribution in [-0.2, 0) is 20.9 Å². The second-order valence-corrected chi connectivity index (χ2v) is 10.3. The Hall–Kier alpha value is -3.84. The molecule has 2 heterocycles. The topological polar surface area (TPSA) is 57.7 Å². The van der Waals surface area contributed by atoms with Gasteiger partial charge in [-0.15, -0.1) is 0 Å². The molecule has 3 aliphatic rings. The van der Waals surface area contributed by atoms with Crippen LogP contribution >= 0.6 is 15.9 Å². The highest BCUT2D eigenvalue weighted by atomic mass is 79.9. The number of allylic oxidation sites excluding steroid dienone is 2. The van der Waals surface area contributed by atoms with Gasteiger partial charge in [-0.05, 0) is 60.4 Å². The zero-order valence-electron chi connectivity index (χ0n) is 19.8. The van der Waals surface area contributed by atoms with E-state index in [0.717, 1.165) is 15.7 Å². The van der Waals surface area contributed by atoms with Crippen molar-refractivity contribution in [3.63, 3.8) is 0 Å². The second-order valence-electron chi connectivity index (χ2n) is 9.38. The maximum absolute atomic E-state index is 14.0. The molecule has 0 spiro atoms. The minimum atomic E-state index is -0.734. The summed E-state index contributed by atoms with van der Waals surface area (Å²) in [5, 5.41) is 0.